The molecule has 0 N–H and O–H groups in total. The summed E-state index contributed by atoms with van der Waals surface area (Å²) in [5, 5.41) is 15.3. The number of aromatic nitrogens is 2. The number of nitrogens with zero attached hydrogens (tertiary/aromatic N) is 5. The number of morpholine rings is 1. The fourth-order valence-electron chi connectivity index (χ4n) is 3.65. The number of rotatable bonds is 7. The second-order valence-electron chi connectivity index (χ2n) is 7.46. The summed E-state index contributed by atoms with van der Waals surface area (Å²) in [7, 11) is 0. The molecule has 1 saturated heterocycles. The normalized spacial score (nSPS) is 14.6. The average molecular weight is 458 g/mol. The Hall–Kier alpha value is -2.44. The fraction of sp³-hybridized carbons (Fsp3) is 0.409. The maximum atomic E-state index is 13.3. The molecule has 0 spiro atoms. The molecule has 4 rings (SSSR count). The van der Waals surface area contributed by atoms with Crippen LogP contribution in [0.3, 0.4) is 0 Å². The van der Waals surface area contributed by atoms with E-state index in [4.69, 9.17) is 21.6 Å². The lowest BCUT2D eigenvalue weighted by atomic mass is 10.2. The van der Waals surface area contributed by atoms with Gasteiger partial charge in [-0.25, -0.2) is 4.68 Å². The number of aryl methyl sites for hydroxylation is 1. The lowest BCUT2D eigenvalue weighted by Gasteiger charge is -2.29. The number of carbonyl (C=O) groups excluding carboxylic acids is 1. The van der Waals surface area contributed by atoms with Crippen molar-refractivity contribution in [1.29, 1.82) is 5.26 Å². The fourth-order valence-corrected chi connectivity index (χ4v) is 4.93. The molecular formula is C22H24ClN5O2S. The van der Waals surface area contributed by atoms with Crippen molar-refractivity contribution >= 4 is 39.1 Å². The summed E-state index contributed by atoms with van der Waals surface area (Å²) in [5.41, 5.74) is 1.77. The first kappa shape index (κ1) is 21.8. The van der Waals surface area contributed by atoms with Crippen molar-refractivity contribution in [1.82, 2.24) is 19.6 Å². The van der Waals surface area contributed by atoms with Crippen LogP contribution in [0.4, 0.5) is 0 Å². The third-order valence-electron chi connectivity index (χ3n) is 5.40. The van der Waals surface area contributed by atoms with Crippen molar-refractivity contribution in [2.24, 2.45) is 0 Å². The summed E-state index contributed by atoms with van der Waals surface area (Å²) < 4.78 is 7.26. The molecule has 0 aliphatic carbocycles. The Morgan fingerprint density at radius 2 is 2.03 bits per heavy atom. The quantitative estimate of drug-likeness (QED) is 0.540. The molecule has 1 fully saturated rings. The number of hydrogen-bond donors (Lipinski definition) is 0. The van der Waals surface area contributed by atoms with Crippen LogP contribution < -0.4 is 0 Å². The van der Waals surface area contributed by atoms with Crippen molar-refractivity contribution in [3.63, 3.8) is 0 Å². The number of amides is 1. The summed E-state index contributed by atoms with van der Waals surface area (Å²) in [5.74, 6) is -0.0354. The highest BCUT2D eigenvalue weighted by Gasteiger charge is 2.22. The number of benzene rings is 1. The molecule has 0 unspecified atom stereocenters. The third kappa shape index (κ3) is 4.91. The SMILES string of the molecule is Cc1nn(-c2ccc(Cl)cc2)c2sc(C(=O)N(CCC#N)CCN3CCOCC3)cc12. The minimum absolute atomic E-state index is 0.0354. The first-order chi connectivity index (χ1) is 15.1. The molecule has 3 aromatic rings. The second kappa shape index (κ2) is 9.79. The van der Waals surface area contributed by atoms with Crippen LogP contribution in [0, 0.1) is 18.3 Å². The summed E-state index contributed by atoms with van der Waals surface area (Å²) >= 11 is 7.45. The first-order valence-corrected chi connectivity index (χ1v) is 11.5. The molecule has 2 aromatic heterocycles. The van der Waals surface area contributed by atoms with E-state index in [1.165, 1.54) is 11.3 Å². The van der Waals surface area contributed by atoms with Gasteiger partial charge in [0.15, 0.2) is 0 Å². The zero-order valence-electron chi connectivity index (χ0n) is 17.4. The van der Waals surface area contributed by atoms with Gasteiger partial charge in [0.2, 0.25) is 0 Å². The van der Waals surface area contributed by atoms with E-state index in [1.54, 1.807) is 4.90 Å². The van der Waals surface area contributed by atoms with E-state index in [1.807, 2.05) is 41.9 Å². The number of carbonyl (C=O) groups is 1. The minimum atomic E-state index is -0.0354. The summed E-state index contributed by atoms with van der Waals surface area (Å²) in [6, 6.07) is 11.6. The molecule has 3 heterocycles. The summed E-state index contributed by atoms with van der Waals surface area (Å²) in [6.07, 6.45) is 0.317. The predicted octanol–water partition coefficient (Wildman–Crippen LogP) is 3.74. The minimum Gasteiger partial charge on any atom is -0.379 e. The molecule has 0 bridgehead atoms. The van der Waals surface area contributed by atoms with Gasteiger partial charge in [-0.1, -0.05) is 11.6 Å². The van der Waals surface area contributed by atoms with Crippen molar-refractivity contribution in [2.45, 2.75) is 13.3 Å². The Kier molecular flexibility index (Phi) is 6.88. The van der Waals surface area contributed by atoms with E-state index in [0.717, 1.165) is 54.4 Å². The van der Waals surface area contributed by atoms with Gasteiger partial charge in [0.25, 0.3) is 5.91 Å². The van der Waals surface area contributed by atoms with Gasteiger partial charge in [-0.05, 0) is 37.3 Å². The highest BCUT2D eigenvalue weighted by atomic mass is 35.5. The van der Waals surface area contributed by atoms with Gasteiger partial charge in [0.05, 0.1) is 42.0 Å². The maximum absolute atomic E-state index is 13.3. The number of nitriles is 1. The van der Waals surface area contributed by atoms with Crippen LogP contribution in [0.25, 0.3) is 15.9 Å². The van der Waals surface area contributed by atoms with Gasteiger partial charge >= 0.3 is 0 Å². The monoisotopic (exact) mass is 457 g/mol. The van der Waals surface area contributed by atoms with Crippen molar-refractivity contribution in [2.75, 3.05) is 45.9 Å². The first-order valence-electron chi connectivity index (χ1n) is 10.3. The van der Waals surface area contributed by atoms with E-state index in [9.17, 15) is 4.79 Å². The Morgan fingerprint density at radius 3 is 2.74 bits per heavy atom. The van der Waals surface area contributed by atoms with Crippen LogP contribution in [0.15, 0.2) is 30.3 Å². The Morgan fingerprint density at radius 1 is 1.29 bits per heavy atom. The molecule has 1 aliphatic heterocycles. The van der Waals surface area contributed by atoms with Crippen LogP contribution in [0.1, 0.15) is 21.8 Å². The van der Waals surface area contributed by atoms with E-state index in [0.29, 0.717) is 29.4 Å². The van der Waals surface area contributed by atoms with Crippen molar-refractivity contribution < 1.29 is 9.53 Å². The Bertz CT molecular complexity index is 1100. The van der Waals surface area contributed by atoms with Crippen LogP contribution in [-0.2, 0) is 4.74 Å². The molecule has 1 aliphatic rings. The molecule has 9 heteroatoms. The molecule has 0 saturated carbocycles. The van der Waals surface area contributed by atoms with Gasteiger partial charge in [-0.3, -0.25) is 9.69 Å². The second-order valence-corrected chi connectivity index (χ2v) is 8.92. The molecule has 0 radical (unpaired) electrons. The highest BCUT2D eigenvalue weighted by Crippen LogP contribution is 2.31. The average Bonchev–Trinajstić information content (AvgIpc) is 3.35. The highest BCUT2D eigenvalue weighted by molar-refractivity contribution is 7.20. The molecule has 7 nitrogen and oxygen atoms in total. The van der Waals surface area contributed by atoms with E-state index >= 15 is 0 Å². The zero-order chi connectivity index (χ0) is 21.8. The Balaban J connectivity index is 1.57. The summed E-state index contributed by atoms with van der Waals surface area (Å²) in [4.78, 5) is 19.0. The van der Waals surface area contributed by atoms with Crippen LogP contribution in [-0.4, -0.2) is 71.4 Å². The van der Waals surface area contributed by atoms with Crippen LogP contribution >= 0.6 is 22.9 Å². The predicted molar refractivity (Wildman–Crippen MR) is 122 cm³/mol. The van der Waals surface area contributed by atoms with Crippen LogP contribution in [0.5, 0.6) is 0 Å². The lowest BCUT2D eigenvalue weighted by Crippen LogP contribution is -2.43. The van der Waals surface area contributed by atoms with Gasteiger partial charge < -0.3 is 9.64 Å². The van der Waals surface area contributed by atoms with Gasteiger partial charge in [0, 0.05) is 43.1 Å². The van der Waals surface area contributed by atoms with Crippen molar-refractivity contribution in [3.05, 3.63) is 45.9 Å². The van der Waals surface area contributed by atoms with Gasteiger partial charge in [-0.2, -0.15) is 10.4 Å². The van der Waals surface area contributed by atoms with E-state index in [2.05, 4.69) is 16.1 Å². The number of thiophene rings is 1. The number of halogens is 1. The van der Waals surface area contributed by atoms with E-state index in [-0.39, 0.29) is 5.91 Å². The standard InChI is InChI=1S/C22H24ClN5O2S/c1-16-19-15-20(31-22(19)28(25-16)18-5-3-17(23)4-6-18)21(29)27(8-2-7-24)10-9-26-11-13-30-14-12-26/h3-6,15H,2,8-14H2,1H3. The summed E-state index contributed by atoms with van der Waals surface area (Å²) in [6.45, 7) is 6.95. The number of ether oxygens (including phenoxy) is 1. The van der Waals surface area contributed by atoms with Crippen LogP contribution in [0.2, 0.25) is 5.02 Å². The Labute approximate surface area is 190 Å². The number of fused-ring (bicyclic) bond motifs is 1. The van der Waals surface area contributed by atoms with Crippen molar-refractivity contribution in [3.8, 4) is 11.8 Å². The largest absolute Gasteiger partial charge is 0.379 e. The maximum Gasteiger partial charge on any atom is 0.264 e. The topological polar surface area (TPSA) is 74.4 Å². The molecule has 31 heavy (non-hydrogen) atoms. The zero-order valence-corrected chi connectivity index (χ0v) is 19.0. The molecule has 0 atom stereocenters. The lowest BCUT2D eigenvalue weighted by molar-refractivity contribution is 0.0327. The molecule has 162 valence electrons. The smallest absolute Gasteiger partial charge is 0.264 e. The van der Waals surface area contributed by atoms with Gasteiger partial charge in [-0.15, -0.1) is 11.3 Å². The third-order valence-corrected chi connectivity index (χ3v) is 6.75. The van der Waals surface area contributed by atoms with E-state index < -0.39 is 0 Å². The molecule has 1 aromatic carbocycles. The molecule has 1 amide bonds. The van der Waals surface area contributed by atoms with Gasteiger partial charge in [0.1, 0.15) is 4.83 Å². The number of hydrogen-bond acceptors (Lipinski definition) is 6. The molecular weight excluding hydrogens is 434 g/mol.